The van der Waals surface area contributed by atoms with E-state index in [-0.39, 0.29) is 5.91 Å². The molecule has 0 saturated heterocycles. The topological polar surface area (TPSA) is 38.8 Å². The Morgan fingerprint density at radius 3 is 2.62 bits per heavy atom. The first-order valence-corrected chi connectivity index (χ1v) is 7.96. The van der Waals surface area contributed by atoms with Gasteiger partial charge in [0.2, 0.25) is 0 Å². The average Bonchev–Trinajstić information content (AvgIpc) is 2.77. The second-order valence-corrected chi connectivity index (χ2v) is 5.27. The van der Waals surface area contributed by atoms with Gasteiger partial charge in [0.15, 0.2) is 6.23 Å². The van der Waals surface area contributed by atoms with Crippen LogP contribution in [0.25, 0.3) is 0 Å². The van der Waals surface area contributed by atoms with Gasteiger partial charge in [-0.1, -0.05) is 50.8 Å². The minimum Gasteiger partial charge on any atom is -0.352 e. The molecular weight excluding hydrogens is 266 g/mol. The van der Waals surface area contributed by atoms with Crippen LogP contribution in [-0.4, -0.2) is 24.2 Å². The number of fused-ring (bicyclic) bond motifs is 1. The summed E-state index contributed by atoms with van der Waals surface area (Å²) in [7, 11) is 0. The molecule has 1 heterocycles. The van der Waals surface area contributed by atoms with Gasteiger partial charge in [0.05, 0.1) is 6.61 Å². The first-order chi connectivity index (χ1) is 10.3. The van der Waals surface area contributed by atoms with Crippen molar-refractivity contribution in [1.29, 1.82) is 0 Å². The minimum absolute atomic E-state index is 0.0994. The zero-order valence-electron chi connectivity index (χ0n) is 13.0. The van der Waals surface area contributed by atoms with Crippen LogP contribution in [0, 0.1) is 0 Å². The van der Waals surface area contributed by atoms with Gasteiger partial charge in [-0.25, -0.2) is 0 Å². The highest BCUT2D eigenvalue weighted by Gasteiger charge is 2.38. The van der Waals surface area contributed by atoms with Crippen LogP contribution in [0.4, 0.5) is 0 Å². The third kappa shape index (κ3) is 3.83. The van der Waals surface area contributed by atoms with E-state index in [4.69, 9.17) is 9.57 Å². The number of hydrogen-bond acceptors (Lipinski definition) is 3. The molecule has 1 amide bonds. The number of hydrogen-bond donors (Lipinski definition) is 0. The van der Waals surface area contributed by atoms with E-state index >= 15 is 0 Å². The van der Waals surface area contributed by atoms with Gasteiger partial charge in [0.25, 0.3) is 5.91 Å². The van der Waals surface area contributed by atoms with Crippen LogP contribution in [0.15, 0.2) is 24.3 Å². The number of rotatable bonds is 9. The van der Waals surface area contributed by atoms with Crippen LogP contribution in [0.3, 0.4) is 0 Å². The van der Waals surface area contributed by atoms with Gasteiger partial charge in [-0.2, -0.15) is 5.06 Å². The highest BCUT2D eigenvalue weighted by atomic mass is 16.7. The standard InChI is InChI=1S/C17H25NO3/c1-3-5-6-7-10-13-21-18-16(19)14-11-8-9-12-15(14)17(18)20-4-2/h8-9,11-12,17H,3-7,10,13H2,1-2H3. The molecule has 0 aliphatic carbocycles. The Bertz CT molecular complexity index is 461. The first kappa shape index (κ1) is 16.0. The highest BCUT2D eigenvalue weighted by molar-refractivity contribution is 5.98. The first-order valence-electron chi connectivity index (χ1n) is 7.96. The number of unbranched alkanes of at least 4 members (excludes halogenated alkanes) is 4. The molecule has 1 unspecified atom stereocenters. The molecule has 4 heteroatoms. The summed E-state index contributed by atoms with van der Waals surface area (Å²) in [6.45, 7) is 5.23. The van der Waals surface area contributed by atoms with E-state index in [0.29, 0.717) is 18.8 Å². The number of amides is 1. The molecule has 2 rings (SSSR count). The second kappa shape index (κ2) is 8.15. The maximum absolute atomic E-state index is 12.4. The quantitative estimate of drug-likeness (QED) is 0.643. The smallest absolute Gasteiger partial charge is 0.280 e. The lowest BCUT2D eigenvalue weighted by atomic mass is 10.1. The number of ether oxygens (including phenoxy) is 1. The number of carbonyl (C=O) groups excluding carboxylic acids is 1. The molecule has 1 aromatic carbocycles. The lowest BCUT2D eigenvalue weighted by molar-refractivity contribution is -0.215. The molecule has 4 nitrogen and oxygen atoms in total. The van der Waals surface area contributed by atoms with Gasteiger partial charge in [-0.15, -0.1) is 0 Å². The summed E-state index contributed by atoms with van der Waals surface area (Å²) in [5.41, 5.74) is 1.58. The fourth-order valence-electron chi connectivity index (χ4n) is 2.57. The number of carbonyl (C=O) groups is 1. The maximum Gasteiger partial charge on any atom is 0.280 e. The molecule has 0 radical (unpaired) electrons. The molecule has 0 aromatic heterocycles. The molecule has 1 aromatic rings. The minimum atomic E-state index is -0.408. The largest absolute Gasteiger partial charge is 0.352 e. The van der Waals surface area contributed by atoms with E-state index in [2.05, 4.69) is 6.92 Å². The molecule has 1 aliphatic heterocycles. The fraction of sp³-hybridized carbons (Fsp3) is 0.588. The summed E-state index contributed by atoms with van der Waals surface area (Å²) in [4.78, 5) is 18.1. The van der Waals surface area contributed by atoms with Crippen LogP contribution in [0.5, 0.6) is 0 Å². The molecule has 0 saturated carbocycles. The molecule has 0 fully saturated rings. The predicted molar refractivity (Wildman–Crippen MR) is 81.7 cm³/mol. The second-order valence-electron chi connectivity index (χ2n) is 5.27. The van der Waals surface area contributed by atoms with Gasteiger partial charge >= 0.3 is 0 Å². The van der Waals surface area contributed by atoms with Crippen molar-refractivity contribution in [2.45, 2.75) is 52.2 Å². The van der Waals surface area contributed by atoms with E-state index in [9.17, 15) is 4.79 Å². The van der Waals surface area contributed by atoms with Crippen molar-refractivity contribution in [3.05, 3.63) is 35.4 Å². The van der Waals surface area contributed by atoms with E-state index in [1.165, 1.54) is 24.3 Å². The van der Waals surface area contributed by atoms with Crippen molar-refractivity contribution in [3.63, 3.8) is 0 Å². The van der Waals surface area contributed by atoms with Crippen molar-refractivity contribution in [1.82, 2.24) is 5.06 Å². The van der Waals surface area contributed by atoms with Gasteiger partial charge in [-0.3, -0.25) is 9.63 Å². The predicted octanol–water partition coefficient (Wildman–Crippen LogP) is 4.08. The Morgan fingerprint density at radius 2 is 1.86 bits per heavy atom. The molecule has 1 atom stereocenters. The van der Waals surface area contributed by atoms with Crippen molar-refractivity contribution in [2.24, 2.45) is 0 Å². The molecule has 21 heavy (non-hydrogen) atoms. The Kier molecular flexibility index (Phi) is 6.21. The van der Waals surface area contributed by atoms with Gasteiger partial charge < -0.3 is 4.74 Å². The fourth-order valence-corrected chi connectivity index (χ4v) is 2.57. The van der Waals surface area contributed by atoms with Gasteiger partial charge in [0, 0.05) is 17.7 Å². The summed E-state index contributed by atoms with van der Waals surface area (Å²) in [6.07, 6.45) is 5.42. The van der Waals surface area contributed by atoms with Gasteiger partial charge in [-0.05, 0) is 19.4 Å². The normalized spacial score (nSPS) is 17.3. The molecule has 0 N–H and O–H groups in total. The molecule has 116 valence electrons. The average molecular weight is 291 g/mol. The van der Waals surface area contributed by atoms with E-state index in [1.807, 2.05) is 31.2 Å². The maximum atomic E-state index is 12.4. The lowest BCUT2D eigenvalue weighted by Gasteiger charge is -2.23. The molecule has 1 aliphatic rings. The zero-order chi connectivity index (χ0) is 15.1. The number of benzene rings is 1. The zero-order valence-corrected chi connectivity index (χ0v) is 13.0. The van der Waals surface area contributed by atoms with Crippen molar-refractivity contribution >= 4 is 5.91 Å². The van der Waals surface area contributed by atoms with Crippen molar-refractivity contribution in [2.75, 3.05) is 13.2 Å². The number of hydroxylamine groups is 2. The summed E-state index contributed by atoms with van der Waals surface area (Å²) in [6, 6.07) is 7.55. The molecule has 0 bridgehead atoms. The third-order valence-corrected chi connectivity index (χ3v) is 3.67. The summed E-state index contributed by atoms with van der Waals surface area (Å²) in [5, 5.41) is 1.40. The van der Waals surface area contributed by atoms with Crippen LogP contribution in [-0.2, 0) is 9.57 Å². The Hall–Kier alpha value is -1.39. The monoisotopic (exact) mass is 291 g/mol. The van der Waals surface area contributed by atoms with E-state index < -0.39 is 6.23 Å². The molecule has 0 spiro atoms. The Labute approximate surface area is 127 Å². The van der Waals surface area contributed by atoms with Crippen LogP contribution >= 0.6 is 0 Å². The van der Waals surface area contributed by atoms with Crippen LogP contribution in [0.1, 0.15) is 68.1 Å². The van der Waals surface area contributed by atoms with Gasteiger partial charge in [0.1, 0.15) is 0 Å². The third-order valence-electron chi connectivity index (χ3n) is 3.67. The van der Waals surface area contributed by atoms with Crippen LogP contribution < -0.4 is 0 Å². The Morgan fingerprint density at radius 1 is 1.10 bits per heavy atom. The Balaban J connectivity index is 1.91. The van der Waals surface area contributed by atoms with Crippen molar-refractivity contribution < 1.29 is 14.4 Å². The van der Waals surface area contributed by atoms with E-state index in [1.54, 1.807) is 0 Å². The SMILES string of the molecule is CCCCCCCON1C(=O)c2ccccc2C1OCC. The number of nitrogens with zero attached hydrogens (tertiary/aromatic N) is 1. The van der Waals surface area contributed by atoms with Crippen molar-refractivity contribution in [3.8, 4) is 0 Å². The highest BCUT2D eigenvalue weighted by Crippen LogP contribution is 2.34. The summed E-state index contributed by atoms with van der Waals surface area (Å²) in [5.74, 6) is -0.0994. The summed E-state index contributed by atoms with van der Waals surface area (Å²) < 4.78 is 5.69. The lowest BCUT2D eigenvalue weighted by Crippen LogP contribution is -2.30. The summed E-state index contributed by atoms with van der Waals surface area (Å²) >= 11 is 0. The van der Waals surface area contributed by atoms with E-state index in [0.717, 1.165) is 18.4 Å². The molecular formula is C17H25NO3. The van der Waals surface area contributed by atoms with Crippen LogP contribution in [0.2, 0.25) is 0 Å².